The van der Waals surface area contributed by atoms with Crippen LogP contribution in [-0.4, -0.2) is 79.5 Å². The highest BCUT2D eigenvalue weighted by Crippen LogP contribution is 2.20. The largest absolute Gasteiger partial charge is 0.369 e. The minimum atomic E-state index is -0.344. The third-order valence-corrected chi connectivity index (χ3v) is 5.38. The lowest BCUT2D eigenvalue weighted by atomic mass is 9.97. The maximum Gasteiger partial charge on any atom is 0.231 e. The Labute approximate surface area is 160 Å². The zero-order valence-electron chi connectivity index (χ0n) is 16.1. The Bertz CT molecular complexity index is 659. The van der Waals surface area contributed by atoms with Gasteiger partial charge in [-0.1, -0.05) is 6.07 Å². The van der Waals surface area contributed by atoms with Crippen molar-refractivity contribution in [3.8, 4) is 0 Å². The first-order valence-corrected chi connectivity index (χ1v) is 9.68. The first-order valence-electron chi connectivity index (χ1n) is 9.68. The second-order valence-corrected chi connectivity index (χ2v) is 7.53. The molecule has 2 aliphatic rings. The second-order valence-electron chi connectivity index (χ2n) is 7.53. The molecule has 0 spiro atoms. The van der Waals surface area contributed by atoms with Crippen molar-refractivity contribution in [3.63, 3.8) is 0 Å². The average Bonchev–Trinajstić information content (AvgIpc) is 2.67. The molecular weight excluding hydrogens is 344 g/mol. The summed E-state index contributed by atoms with van der Waals surface area (Å²) in [5.74, 6) is 0.562. The summed E-state index contributed by atoms with van der Waals surface area (Å²) < 4.78 is 0. The van der Waals surface area contributed by atoms with Crippen molar-refractivity contribution in [2.75, 3.05) is 57.8 Å². The second kappa shape index (κ2) is 9.14. The molecule has 1 atom stereocenters. The summed E-state index contributed by atoms with van der Waals surface area (Å²) in [6, 6.07) is 3.94. The molecule has 2 fully saturated rings. The van der Waals surface area contributed by atoms with E-state index in [2.05, 4.69) is 27.1 Å². The van der Waals surface area contributed by atoms with Gasteiger partial charge in [-0.05, 0) is 32.5 Å². The van der Waals surface area contributed by atoms with Crippen LogP contribution in [0.4, 0.5) is 5.82 Å². The van der Waals surface area contributed by atoms with Gasteiger partial charge < -0.3 is 20.9 Å². The van der Waals surface area contributed by atoms with Crippen LogP contribution in [0.5, 0.6) is 0 Å². The van der Waals surface area contributed by atoms with Crippen LogP contribution in [-0.2, 0) is 16.1 Å². The molecule has 148 valence electrons. The third kappa shape index (κ3) is 5.40. The summed E-state index contributed by atoms with van der Waals surface area (Å²) >= 11 is 0. The molecule has 2 amide bonds. The normalized spacial score (nSPS) is 21.8. The van der Waals surface area contributed by atoms with Gasteiger partial charge in [0.05, 0.1) is 12.5 Å². The van der Waals surface area contributed by atoms with Crippen molar-refractivity contribution in [2.24, 2.45) is 11.7 Å². The molecule has 27 heavy (non-hydrogen) atoms. The van der Waals surface area contributed by atoms with Crippen LogP contribution in [0.3, 0.4) is 0 Å². The Morgan fingerprint density at radius 1 is 1.26 bits per heavy atom. The van der Waals surface area contributed by atoms with Gasteiger partial charge in [0.25, 0.3) is 0 Å². The summed E-state index contributed by atoms with van der Waals surface area (Å²) in [4.78, 5) is 34.9. The zero-order valence-corrected chi connectivity index (χ0v) is 16.1. The number of piperazine rings is 1. The van der Waals surface area contributed by atoms with E-state index < -0.39 is 0 Å². The molecule has 3 heterocycles. The summed E-state index contributed by atoms with van der Waals surface area (Å²) in [7, 11) is 2.13. The monoisotopic (exact) mass is 374 g/mol. The van der Waals surface area contributed by atoms with Gasteiger partial charge in [-0.15, -0.1) is 0 Å². The van der Waals surface area contributed by atoms with E-state index in [0.717, 1.165) is 56.9 Å². The number of nitrogens with one attached hydrogen (secondary N) is 1. The van der Waals surface area contributed by atoms with E-state index in [0.29, 0.717) is 13.1 Å². The number of nitrogens with two attached hydrogens (primary N) is 1. The summed E-state index contributed by atoms with van der Waals surface area (Å²) in [6.45, 7) is 6.02. The molecule has 0 aromatic carbocycles. The van der Waals surface area contributed by atoms with Gasteiger partial charge in [-0.3, -0.25) is 14.5 Å². The highest BCUT2D eigenvalue weighted by molar-refractivity contribution is 5.79. The fraction of sp³-hybridized carbons (Fsp3) is 0.632. The van der Waals surface area contributed by atoms with E-state index in [-0.39, 0.29) is 24.3 Å². The number of primary amides is 1. The number of anilines is 1. The molecule has 8 nitrogen and oxygen atoms in total. The highest BCUT2D eigenvalue weighted by atomic mass is 16.2. The smallest absolute Gasteiger partial charge is 0.231 e. The molecule has 1 unspecified atom stereocenters. The predicted octanol–water partition coefficient (Wildman–Crippen LogP) is -0.353. The van der Waals surface area contributed by atoms with E-state index in [1.807, 2.05) is 23.2 Å². The van der Waals surface area contributed by atoms with Crippen LogP contribution in [0.15, 0.2) is 18.3 Å². The van der Waals surface area contributed by atoms with Crippen LogP contribution in [0.25, 0.3) is 0 Å². The number of amides is 2. The zero-order chi connectivity index (χ0) is 19.2. The number of hydrogen-bond acceptors (Lipinski definition) is 6. The van der Waals surface area contributed by atoms with Crippen molar-refractivity contribution in [1.29, 1.82) is 0 Å². The van der Waals surface area contributed by atoms with Crippen molar-refractivity contribution >= 4 is 17.6 Å². The number of hydrogen-bond donors (Lipinski definition) is 2. The van der Waals surface area contributed by atoms with Crippen LogP contribution in [0, 0.1) is 5.92 Å². The number of likely N-dealkylation sites (N-methyl/N-ethyl adjacent to an activating group) is 1. The standard InChI is InChI=1S/C19H30N6O2/c1-23-8-10-25(11-9-23)18-15(4-2-6-21-18)12-22-19(27)16-5-3-7-24(13-16)14-17(20)26/h2,4,6,16H,3,5,7-14H2,1H3,(H2,20,26)(H,22,27). The molecule has 2 aliphatic heterocycles. The average molecular weight is 374 g/mol. The topological polar surface area (TPSA) is 94.8 Å². The SMILES string of the molecule is CN1CCN(c2ncccc2CNC(=O)C2CCCN(CC(N)=O)C2)CC1. The molecule has 0 radical (unpaired) electrons. The molecule has 0 saturated carbocycles. The first-order chi connectivity index (χ1) is 13.0. The fourth-order valence-corrected chi connectivity index (χ4v) is 3.83. The number of carbonyl (C=O) groups is 2. The molecule has 0 aliphatic carbocycles. The van der Waals surface area contributed by atoms with Gasteiger partial charge in [0.2, 0.25) is 11.8 Å². The number of nitrogens with zero attached hydrogens (tertiary/aromatic N) is 4. The van der Waals surface area contributed by atoms with Gasteiger partial charge in [0.15, 0.2) is 0 Å². The molecular formula is C19H30N6O2. The van der Waals surface area contributed by atoms with E-state index >= 15 is 0 Å². The number of likely N-dealkylation sites (tertiary alicyclic amines) is 1. The van der Waals surface area contributed by atoms with Crippen molar-refractivity contribution < 1.29 is 9.59 Å². The minimum absolute atomic E-state index is 0.0392. The third-order valence-electron chi connectivity index (χ3n) is 5.38. The van der Waals surface area contributed by atoms with Crippen molar-refractivity contribution in [3.05, 3.63) is 23.9 Å². The van der Waals surface area contributed by atoms with Gasteiger partial charge in [-0.2, -0.15) is 0 Å². The Hall–Kier alpha value is -2.19. The Morgan fingerprint density at radius 3 is 2.78 bits per heavy atom. The summed E-state index contributed by atoms with van der Waals surface area (Å²) in [5.41, 5.74) is 6.32. The van der Waals surface area contributed by atoms with Gasteiger partial charge in [0, 0.05) is 51.0 Å². The quantitative estimate of drug-likeness (QED) is 0.707. The Kier molecular flexibility index (Phi) is 6.63. The number of aromatic nitrogens is 1. The molecule has 3 N–H and O–H groups in total. The Morgan fingerprint density at radius 2 is 2.04 bits per heavy atom. The van der Waals surface area contributed by atoms with Crippen LogP contribution < -0.4 is 16.0 Å². The molecule has 3 rings (SSSR count). The van der Waals surface area contributed by atoms with Gasteiger partial charge >= 0.3 is 0 Å². The number of carbonyl (C=O) groups excluding carboxylic acids is 2. The molecule has 1 aromatic heterocycles. The molecule has 2 saturated heterocycles. The first kappa shape index (κ1) is 19.6. The lowest BCUT2D eigenvalue weighted by Gasteiger charge is -2.34. The molecule has 8 heteroatoms. The summed E-state index contributed by atoms with van der Waals surface area (Å²) in [5, 5.41) is 3.07. The van der Waals surface area contributed by atoms with Crippen molar-refractivity contribution in [1.82, 2.24) is 20.1 Å². The van der Waals surface area contributed by atoms with E-state index in [4.69, 9.17) is 5.73 Å². The van der Waals surface area contributed by atoms with E-state index in [1.165, 1.54) is 0 Å². The van der Waals surface area contributed by atoms with Crippen molar-refractivity contribution in [2.45, 2.75) is 19.4 Å². The maximum atomic E-state index is 12.6. The van der Waals surface area contributed by atoms with E-state index in [9.17, 15) is 9.59 Å². The van der Waals surface area contributed by atoms with Crippen LogP contribution in [0.2, 0.25) is 0 Å². The minimum Gasteiger partial charge on any atom is -0.369 e. The number of pyridine rings is 1. The van der Waals surface area contributed by atoms with Crippen LogP contribution in [0.1, 0.15) is 18.4 Å². The lowest BCUT2D eigenvalue weighted by molar-refractivity contribution is -0.128. The predicted molar refractivity (Wildman–Crippen MR) is 104 cm³/mol. The highest BCUT2D eigenvalue weighted by Gasteiger charge is 2.26. The lowest BCUT2D eigenvalue weighted by Crippen LogP contribution is -2.46. The van der Waals surface area contributed by atoms with Crippen LogP contribution >= 0.6 is 0 Å². The molecule has 0 bridgehead atoms. The fourth-order valence-electron chi connectivity index (χ4n) is 3.83. The van der Waals surface area contributed by atoms with E-state index in [1.54, 1.807) is 0 Å². The maximum absolute atomic E-state index is 12.6. The number of rotatable bonds is 6. The van der Waals surface area contributed by atoms with Gasteiger partial charge in [0.1, 0.15) is 5.82 Å². The molecule has 1 aromatic rings. The number of piperidine rings is 1. The Balaban J connectivity index is 1.57. The summed E-state index contributed by atoms with van der Waals surface area (Å²) in [6.07, 6.45) is 3.56. The van der Waals surface area contributed by atoms with Gasteiger partial charge in [-0.25, -0.2) is 4.98 Å².